The van der Waals surface area contributed by atoms with Crippen LogP contribution in [0.1, 0.15) is 55.8 Å². The van der Waals surface area contributed by atoms with Crippen LogP contribution in [0.25, 0.3) is 11.1 Å². The first-order valence-corrected chi connectivity index (χ1v) is 11.9. The highest BCUT2D eigenvalue weighted by Crippen LogP contribution is 2.32. The Balaban J connectivity index is 1.67. The maximum Gasteiger partial charge on any atom is 0.252 e. The lowest BCUT2D eigenvalue weighted by molar-refractivity contribution is -0.120. The molecule has 1 aliphatic carbocycles. The number of aryl methyl sites for hydroxylation is 1. The maximum absolute atomic E-state index is 13.3. The van der Waals surface area contributed by atoms with Crippen LogP contribution >= 0.6 is 11.3 Å². The van der Waals surface area contributed by atoms with Crippen molar-refractivity contribution >= 4 is 22.4 Å². The van der Waals surface area contributed by atoms with Gasteiger partial charge in [0.1, 0.15) is 6.04 Å². The summed E-state index contributed by atoms with van der Waals surface area (Å²) in [5, 5.41) is 14.3. The van der Waals surface area contributed by atoms with E-state index in [1.807, 2.05) is 30.5 Å². The summed E-state index contributed by atoms with van der Waals surface area (Å²) in [7, 11) is 0. The van der Waals surface area contributed by atoms with Crippen LogP contribution in [0.3, 0.4) is 0 Å². The van der Waals surface area contributed by atoms with E-state index in [0.717, 1.165) is 29.7 Å². The van der Waals surface area contributed by atoms with Crippen LogP contribution in [0.15, 0.2) is 52.8 Å². The van der Waals surface area contributed by atoms with Crippen LogP contribution < -0.4 is 10.9 Å². The molecule has 7 heteroatoms. The highest BCUT2D eigenvalue weighted by atomic mass is 32.1. The molecular weight excluding hydrogens is 420 g/mol. The zero-order valence-electron chi connectivity index (χ0n) is 18.1. The van der Waals surface area contributed by atoms with E-state index in [1.54, 1.807) is 29.0 Å². The Bertz CT molecular complexity index is 1170. The number of carbonyl (C=O) groups excluding carboxylic acids is 1. The second-order valence-corrected chi connectivity index (χ2v) is 9.26. The highest BCUT2D eigenvalue weighted by Gasteiger charge is 2.28. The fourth-order valence-electron chi connectivity index (χ4n) is 4.56. The standard InChI is InChI=1S/C25H26N4O2S/c1-17-13-21(20-9-7-19(16-26)8-10-20)15-23(30)29(17)22(14-18-5-3-2-4-6-18)24(31)28-25-27-11-12-32-25/h7-13,15,18,22H,2-6,14H2,1H3,(H,27,28,31). The minimum atomic E-state index is -0.579. The molecule has 0 bridgehead atoms. The number of hydrogen-bond donors (Lipinski definition) is 1. The van der Waals surface area contributed by atoms with Crippen molar-refractivity contribution in [3.05, 3.63) is 69.6 Å². The molecule has 1 fully saturated rings. The second-order valence-electron chi connectivity index (χ2n) is 8.36. The molecule has 3 aromatic rings. The fourth-order valence-corrected chi connectivity index (χ4v) is 5.09. The van der Waals surface area contributed by atoms with Gasteiger partial charge in [-0.15, -0.1) is 11.3 Å². The van der Waals surface area contributed by atoms with Crippen LogP contribution in [-0.4, -0.2) is 15.5 Å². The first kappa shape index (κ1) is 22.0. The van der Waals surface area contributed by atoms with E-state index in [0.29, 0.717) is 23.0 Å². The van der Waals surface area contributed by atoms with Gasteiger partial charge in [-0.3, -0.25) is 9.59 Å². The van der Waals surface area contributed by atoms with Gasteiger partial charge in [0.2, 0.25) is 5.91 Å². The van der Waals surface area contributed by atoms with E-state index in [1.165, 1.54) is 30.6 Å². The molecule has 0 aliphatic heterocycles. The van der Waals surface area contributed by atoms with E-state index in [4.69, 9.17) is 5.26 Å². The molecule has 0 saturated heterocycles. The van der Waals surface area contributed by atoms with Gasteiger partial charge in [0, 0.05) is 23.3 Å². The van der Waals surface area contributed by atoms with Gasteiger partial charge in [0.25, 0.3) is 5.56 Å². The minimum Gasteiger partial charge on any atom is -0.300 e. The SMILES string of the molecule is Cc1cc(-c2ccc(C#N)cc2)cc(=O)n1C(CC1CCCCC1)C(=O)Nc1nccs1. The average Bonchev–Trinajstić information content (AvgIpc) is 3.31. The zero-order chi connectivity index (χ0) is 22.5. The number of carbonyl (C=O) groups is 1. The molecule has 1 saturated carbocycles. The van der Waals surface area contributed by atoms with Crippen molar-refractivity contribution in [1.82, 2.24) is 9.55 Å². The highest BCUT2D eigenvalue weighted by molar-refractivity contribution is 7.13. The third kappa shape index (κ3) is 4.97. The summed E-state index contributed by atoms with van der Waals surface area (Å²) in [5.41, 5.74) is 2.77. The molecular formula is C25H26N4O2S. The lowest BCUT2D eigenvalue weighted by Gasteiger charge is -2.28. The first-order valence-electron chi connectivity index (χ1n) is 11.0. The Morgan fingerprint density at radius 1 is 1.22 bits per heavy atom. The number of hydrogen-bond acceptors (Lipinski definition) is 5. The Morgan fingerprint density at radius 2 is 1.97 bits per heavy atom. The molecule has 4 rings (SSSR count). The number of rotatable bonds is 6. The number of pyridine rings is 1. The summed E-state index contributed by atoms with van der Waals surface area (Å²) in [6.45, 7) is 1.87. The smallest absolute Gasteiger partial charge is 0.252 e. The van der Waals surface area contributed by atoms with Gasteiger partial charge in [0.15, 0.2) is 5.13 Å². The van der Waals surface area contributed by atoms with Gasteiger partial charge >= 0.3 is 0 Å². The maximum atomic E-state index is 13.3. The summed E-state index contributed by atoms with van der Waals surface area (Å²) < 4.78 is 1.63. The fraction of sp³-hybridized carbons (Fsp3) is 0.360. The van der Waals surface area contributed by atoms with Crippen molar-refractivity contribution < 1.29 is 4.79 Å². The van der Waals surface area contributed by atoms with Crippen LogP contribution in [0.4, 0.5) is 5.13 Å². The van der Waals surface area contributed by atoms with Gasteiger partial charge < -0.3 is 9.88 Å². The molecule has 6 nitrogen and oxygen atoms in total. The molecule has 1 amide bonds. The van der Waals surface area contributed by atoms with Crippen molar-refractivity contribution in [1.29, 1.82) is 5.26 Å². The van der Waals surface area contributed by atoms with Gasteiger partial charge in [-0.25, -0.2) is 4.98 Å². The molecule has 1 aliphatic rings. The van der Waals surface area contributed by atoms with Crippen LogP contribution in [0.5, 0.6) is 0 Å². The molecule has 1 N–H and O–H groups in total. The largest absolute Gasteiger partial charge is 0.300 e. The topological polar surface area (TPSA) is 87.8 Å². The summed E-state index contributed by atoms with van der Waals surface area (Å²) in [4.78, 5) is 30.7. The number of nitrogens with one attached hydrogen (secondary N) is 1. The molecule has 1 atom stereocenters. The lowest BCUT2D eigenvalue weighted by atomic mass is 9.84. The van der Waals surface area contributed by atoms with E-state index in [9.17, 15) is 9.59 Å². The summed E-state index contributed by atoms with van der Waals surface area (Å²) in [6, 6.07) is 12.2. The van der Waals surface area contributed by atoms with Crippen molar-refractivity contribution in [2.75, 3.05) is 5.32 Å². The predicted octanol–water partition coefficient (Wildman–Crippen LogP) is 5.30. The number of thiazole rings is 1. The van der Waals surface area contributed by atoms with Crippen LogP contribution in [0.2, 0.25) is 0 Å². The van der Waals surface area contributed by atoms with E-state index in [2.05, 4.69) is 16.4 Å². The molecule has 0 spiro atoms. The first-order chi connectivity index (χ1) is 15.5. The number of anilines is 1. The summed E-state index contributed by atoms with van der Waals surface area (Å²) >= 11 is 1.37. The normalized spacial score (nSPS) is 15.1. The Kier molecular flexibility index (Phi) is 6.81. The third-order valence-corrected chi connectivity index (χ3v) is 6.85. The number of amides is 1. The van der Waals surface area contributed by atoms with E-state index >= 15 is 0 Å². The van der Waals surface area contributed by atoms with Crippen LogP contribution in [-0.2, 0) is 4.79 Å². The molecule has 2 heterocycles. The van der Waals surface area contributed by atoms with Gasteiger partial charge in [-0.1, -0.05) is 44.2 Å². The monoisotopic (exact) mass is 446 g/mol. The Hall–Kier alpha value is -3.24. The minimum absolute atomic E-state index is 0.193. The number of nitrogens with zero attached hydrogens (tertiary/aromatic N) is 3. The lowest BCUT2D eigenvalue weighted by Crippen LogP contribution is -2.36. The Labute approximate surface area is 191 Å². The molecule has 32 heavy (non-hydrogen) atoms. The van der Waals surface area contributed by atoms with Gasteiger partial charge in [-0.05, 0) is 48.6 Å². The Morgan fingerprint density at radius 3 is 2.59 bits per heavy atom. The van der Waals surface area contributed by atoms with Crippen molar-refractivity contribution in [2.24, 2.45) is 5.92 Å². The van der Waals surface area contributed by atoms with E-state index in [-0.39, 0.29) is 11.5 Å². The third-order valence-electron chi connectivity index (χ3n) is 6.17. The number of aromatic nitrogens is 2. The molecule has 1 aromatic carbocycles. The predicted molar refractivity (Wildman–Crippen MR) is 127 cm³/mol. The quantitative estimate of drug-likeness (QED) is 0.556. The molecule has 2 aromatic heterocycles. The van der Waals surface area contributed by atoms with Crippen LogP contribution in [0, 0.1) is 24.2 Å². The number of nitriles is 1. The van der Waals surface area contributed by atoms with Crippen molar-refractivity contribution in [3.8, 4) is 17.2 Å². The molecule has 164 valence electrons. The summed E-state index contributed by atoms with van der Waals surface area (Å²) in [5.74, 6) is 0.238. The van der Waals surface area contributed by atoms with E-state index < -0.39 is 6.04 Å². The van der Waals surface area contributed by atoms with Gasteiger partial charge in [-0.2, -0.15) is 5.26 Å². The zero-order valence-corrected chi connectivity index (χ0v) is 18.9. The second kappa shape index (κ2) is 9.92. The van der Waals surface area contributed by atoms with Crippen molar-refractivity contribution in [3.63, 3.8) is 0 Å². The number of benzene rings is 1. The summed E-state index contributed by atoms with van der Waals surface area (Å²) in [6.07, 6.45) is 8.09. The van der Waals surface area contributed by atoms with Crippen molar-refractivity contribution in [2.45, 2.75) is 51.5 Å². The molecule has 1 unspecified atom stereocenters. The molecule has 0 radical (unpaired) electrons. The van der Waals surface area contributed by atoms with Gasteiger partial charge in [0.05, 0.1) is 11.6 Å². The average molecular weight is 447 g/mol.